The molecule has 4 nitrogen and oxygen atoms in total. The van der Waals surface area contributed by atoms with Gasteiger partial charge in [0.25, 0.3) is 5.91 Å². The number of ether oxygens (including phenoxy) is 1. The van der Waals surface area contributed by atoms with Gasteiger partial charge in [0.05, 0.1) is 7.11 Å². The molecular weight excluding hydrogens is 259 g/mol. The van der Waals surface area contributed by atoms with Crippen LogP contribution in [0, 0.1) is 5.82 Å². The van der Waals surface area contributed by atoms with E-state index < -0.39 is 5.82 Å². The van der Waals surface area contributed by atoms with Gasteiger partial charge in [0.15, 0.2) is 11.6 Å². The zero-order chi connectivity index (χ0) is 14.5. The Kier molecular flexibility index (Phi) is 4.32. The van der Waals surface area contributed by atoms with Crippen molar-refractivity contribution in [2.45, 2.75) is 6.54 Å². The maximum Gasteiger partial charge on any atom is 0.255 e. The molecule has 2 aromatic rings. The highest BCUT2D eigenvalue weighted by Gasteiger charge is 2.11. The molecule has 5 heteroatoms. The second kappa shape index (κ2) is 6.16. The van der Waals surface area contributed by atoms with Crippen LogP contribution in [-0.2, 0) is 6.54 Å². The summed E-state index contributed by atoms with van der Waals surface area (Å²) in [5, 5.41) is 2.75. The topological polar surface area (TPSA) is 64.3 Å². The van der Waals surface area contributed by atoms with Crippen molar-refractivity contribution in [3.05, 3.63) is 59.4 Å². The summed E-state index contributed by atoms with van der Waals surface area (Å²) < 4.78 is 18.2. The van der Waals surface area contributed by atoms with E-state index in [4.69, 9.17) is 10.5 Å². The predicted octanol–water partition coefficient (Wildman–Crippen LogP) is 2.55. The number of nitrogens with two attached hydrogens (primary N) is 1. The second-order valence-corrected chi connectivity index (χ2v) is 4.16. The van der Waals surface area contributed by atoms with Crippen LogP contribution in [0.3, 0.4) is 0 Å². The van der Waals surface area contributed by atoms with E-state index in [0.717, 1.165) is 5.56 Å². The SMILES string of the molecule is COc1cc(C(=O)Nc2ccccc2CN)ccc1F. The van der Waals surface area contributed by atoms with Crippen LogP contribution in [-0.4, -0.2) is 13.0 Å². The van der Waals surface area contributed by atoms with Crippen LogP contribution >= 0.6 is 0 Å². The van der Waals surface area contributed by atoms with Crippen LogP contribution in [0.1, 0.15) is 15.9 Å². The van der Waals surface area contributed by atoms with E-state index in [1.54, 1.807) is 12.1 Å². The van der Waals surface area contributed by atoms with Crippen LogP contribution in [0.15, 0.2) is 42.5 Å². The number of halogens is 1. The van der Waals surface area contributed by atoms with Crippen molar-refractivity contribution in [2.24, 2.45) is 5.73 Å². The lowest BCUT2D eigenvalue weighted by molar-refractivity contribution is 0.102. The Hall–Kier alpha value is -2.40. The summed E-state index contributed by atoms with van der Waals surface area (Å²) in [5.74, 6) is -0.819. The average Bonchev–Trinajstić information content (AvgIpc) is 2.48. The predicted molar refractivity (Wildman–Crippen MR) is 75.2 cm³/mol. The van der Waals surface area contributed by atoms with Crippen LogP contribution in [0.2, 0.25) is 0 Å². The smallest absolute Gasteiger partial charge is 0.255 e. The highest BCUT2D eigenvalue weighted by atomic mass is 19.1. The molecule has 104 valence electrons. The third kappa shape index (κ3) is 2.95. The Labute approximate surface area is 116 Å². The Morgan fingerprint density at radius 2 is 2.05 bits per heavy atom. The molecule has 3 N–H and O–H groups in total. The Morgan fingerprint density at radius 3 is 2.75 bits per heavy atom. The number of hydrogen-bond donors (Lipinski definition) is 2. The number of para-hydroxylation sites is 1. The highest BCUT2D eigenvalue weighted by molar-refractivity contribution is 6.04. The maximum atomic E-state index is 13.3. The molecule has 0 atom stereocenters. The summed E-state index contributed by atoms with van der Waals surface area (Å²) in [6.45, 7) is 0.323. The Balaban J connectivity index is 2.24. The van der Waals surface area contributed by atoms with Gasteiger partial charge in [0.2, 0.25) is 0 Å². The number of rotatable bonds is 4. The number of carbonyl (C=O) groups is 1. The van der Waals surface area contributed by atoms with Crippen LogP contribution in [0.5, 0.6) is 5.75 Å². The summed E-state index contributed by atoms with van der Waals surface area (Å²) >= 11 is 0. The summed E-state index contributed by atoms with van der Waals surface area (Å²) in [7, 11) is 1.35. The lowest BCUT2D eigenvalue weighted by Gasteiger charge is -2.10. The monoisotopic (exact) mass is 274 g/mol. The quantitative estimate of drug-likeness (QED) is 0.900. The lowest BCUT2D eigenvalue weighted by atomic mass is 10.1. The van der Waals surface area contributed by atoms with Crippen molar-refractivity contribution >= 4 is 11.6 Å². The third-order valence-electron chi connectivity index (χ3n) is 2.90. The zero-order valence-electron chi connectivity index (χ0n) is 11.0. The molecule has 0 fully saturated rings. The number of methoxy groups -OCH3 is 1. The minimum absolute atomic E-state index is 0.0322. The number of benzene rings is 2. The first kappa shape index (κ1) is 14.0. The first-order valence-electron chi connectivity index (χ1n) is 6.08. The molecule has 2 aromatic carbocycles. The van der Waals surface area contributed by atoms with Gasteiger partial charge >= 0.3 is 0 Å². The molecule has 0 unspecified atom stereocenters. The second-order valence-electron chi connectivity index (χ2n) is 4.16. The van der Waals surface area contributed by atoms with Crippen molar-refractivity contribution in [3.63, 3.8) is 0 Å². The Bertz CT molecular complexity index is 629. The molecule has 0 saturated carbocycles. The molecule has 2 rings (SSSR count). The van der Waals surface area contributed by atoms with E-state index in [1.807, 2.05) is 12.1 Å². The molecule has 0 aliphatic heterocycles. The van der Waals surface area contributed by atoms with E-state index in [9.17, 15) is 9.18 Å². The van der Waals surface area contributed by atoms with Crippen LogP contribution in [0.25, 0.3) is 0 Å². The van der Waals surface area contributed by atoms with Gasteiger partial charge < -0.3 is 15.8 Å². The van der Waals surface area contributed by atoms with E-state index in [0.29, 0.717) is 17.8 Å². The van der Waals surface area contributed by atoms with Gasteiger partial charge in [-0.1, -0.05) is 18.2 Å². The molecule has 0 radical (unpaired) electrons. The van der Waals surface area contributed by atoms with E-state index in [2.05, 4.69) is 5.32 Å². The molecule has 20 heavy (non-hydrogen) atoms. The van der Waals surface area contributed by atoms with E-state index in [-0.39, 0.29) is 11.7 Å². The fourth-order valence-corrected chi connectivity index (χ4v) is 1.82. The molecule has 0 aromatic heterocycles. The summed E-state index contributed by atoms with van der Waals surface area (Å²) in [6.07, 6.45) is 0. The molecular formula is C15H15FN2O2. The number of nitrogens with one attached hydrogen (secondary N) is 1. The summed E-state index contributed by atoms with van der Waals surface area (Å²) in [5.41, 5.74) is 7.40. The van der Waals surface area contributed by atoms with Gasteiger partial charge in [-0.05, 0) is 29.8 Å². The van der Waals surface area contributed by atoms with Gasteiger partial charge in [-0.3, -0.25) is 4.79 Å². The average molecular weight is 274 g/mol. The molecule has 0 heterocycles. The Morgan fingerprint density at radius 1 is 1.30 bits per heavy atom. The van der Waals surface area contributed by atoms with E-state index in [1.165, 1.54) is 25.3 Å². The van der Waals surface area contributed by atoms with E-state index >= 15 is 0 Å². The van der Waals surface area contributed by atoms with Crippen molar-refractivity contribution in [2.75, 3.05) is 12.4 Å². The highest BCUT2D eigenvalue weighted by Crippen LogP contribution is 2.20. The standard InChI is InChI=1S/C15H15FN2O2/c1-20-14-8-10(6-7-12(14)16)15(19)18-13-5-3-2-4-11(13)9-17/h2-8H,9,17H2,1H3,(H,18,19). The summed E-state index contributed by atoms with van der Waals surface area (Å²) in [6, 6.07) is 11.2. The first-order chi connectivity index (χ1) is 9.65. The summed E-state index contributed by atoms with van der Waals surface area (Å²) in [4.78, 5) is 12.1. The van der Waals surface area contributed by atoms with Crippen molar-refractivity contribution in [1.82, 2.24) is 0 Å². The largest absolute Gasteiger partial charge is 0.494 e. The maximum absolute atomic E-state index is 13.3. The zero-order valence-corrected chi connectivity index (χ0v) is 11.0. The normalized spacial score (nSPS) is 10.2. The molecule has 0 aliphatic carbocycles. The number of amides is 1. The minimum atomic E-state index is -0.508. The number of anilines is 1. The van der Waals surface area contributed by atoms with Gasteiger partial charge in [-0.15, -0.1) is 0 Å². The minimum Gasteiger partial charge on any atom is -0.494 e. The third-order valence-corrected chi connectivity index (χ3v) is 2.90. The van der Waals surface area contributed by atoms with Crippen molar-refractivity contribution < 1.29 is 13.9 Å². The van der Waals surface area contributed by atoms with Crippen LogP contribution < -0.4 is 15.8 Å². The molecule has 0 saturated heterocycles. The first-order valence-corrected chi connectivity index (χ1v) is 6.08. The van der Waals surface area contributed by atoms with Gasteiger partial charge in [0, 0.05) is 17.8 Å². The van der Waals surface area contributed by atoms with Gasteiger partial charge in [0.1, 0.15) is 0 Å². The van der Waals surface area contributed by atoms with Crippen molar-refractivity contribution in [1.29, 1.82) is 0 Å². The van der Waals surface area contributed by atoms with Crippen molar-refractivity contribution in [3.8, 4) is 5.75 Å². The molecule has 1 amide bonds. The number of carbonyl (C=O) groups excluding carboxylic acids is 1. The fraction of sp³-hybridized carbons (Fsp3) is 0.133. The molecule has 0 aliphatic rings. The van der Waals surface area contributed by atoms with Crippen LogP contribution in [0.4, 0.5) is 10.1 Å². The lowest BCUT2D eigenvalue weighted by Crippen LogP contribution is -2.14. The van der Waals surface area contributed by atoms with Gasteiger partial charge in [-0.2, -0.15) is 0 Å². The number of hydrogen-bond acceptors (Lipinski definition) is 3. The van der Waals surface area contributed by atoms with Gasteiger partial charge in [-0.25, -0.2) is 4.39 Å². The fourth-order valence-electron chi connectivity index (χ4n) is 1.82. The molecule has 0 bridgehead atoms. The molecule has 0 spiro atoms.